The van der Waals surface area contributed by atoms with Crippen molar-refractivity contribution in [3.05, 3.63) is 10.5 Å². The maximum atomic E-state index is 2.43. The molecule has 0 atom stereocenters. The number of allylic oxidation sites excluding steroid dienone is 2. The van der Waals surface area contributed by atoms with Gasteiger partial charge in [-0.05, 0) is 55.3 Å². The SMILES string of the molecule is CC1=C(S(C)(C)C)C(C)(C)CCC1. The Labute approximate surface area is 85.1 Å². The summed E-state index contributed by atoms with van der Waals surface area (Å²) in [6.07, 6.45) is 11.4. The quantitative estimate of drug-likeness (QED) is 0.596. The van der Waals surface area contributed by atoms with Gasteiger partial charge in [-0.15, -0.1) is 0 Å². The van der Waals surface area contributed by atoms with Gasteiger partial charge in [0, 0.05) is 0 Å². The van der Waals surface area contributed by atoms with Crippen molar-refractivity contribution in [3.63, 3.8) is 0 Å². The van der Waals surface area contributed by atoms with E-state index in [9.17, 15) is 0 Å². The molecule has 0 spiro atoms. The van der Waals surface area contributed by atoms with Gasteiger partial charge in [-0.25, -0.2) is 10.0 Å². The Kier molecular flexibility index (Phi) is 2.87. The maximum absolute atomic E-state index is 2.43. The Morgan fingerprint density at radius 3 is 2.00 bits per heavy atom. The lowest BCUT2D eigenvalue weighted by Gasteiger charge is -2.44. The summed E-state index contributed by atoms with van der Waals surface area (Å²) in [5.41, 5.74) is 2.15. The molecule has 0 fully saturated rings. The highest BCUT2D eigenvalue weighted by atomic mass is 32.3. The van der Waals surface area contributed by atoms with Gasteiger partial charge in [0.15, 0.2) is 0 Å². The standard InChI is InChI=1S/C12H24S/c1-10-8-7-9-12(2,3)11(10)13(4,5)6/h7-9H2,1-6H3. The lowest BCUT2D eigenvalue weighted by molar-refractivity contribution is 0.388. The van der Waals surface area contributed by atoms with Crippen LogP contribution < -0.4 is 0 Å². The number of rotatable bonds is 1. The van der Waals surface area contributed by atoms with Gasteiger partial charge < -0.3 is 0 Å². The molecule has 0 aromatic heterocycles. The summed E-state index contributed by atoms with van der Waals surface area (Å²) in [6, 6.07) is 0. The predicted octanol–water partition coefficient (Wildman–Crippen LogP) is 4.16. The van der Waals surface area contributed by atoms with Crippen LogP contribution in [-0.4, -0.2) is 18.8 Å². The molecule has 0 aromatic rings. The van der Waals surface area contributed by atoms with E-state index >= 15 is 0 Å². The Morgan fingerprint density at radius 1 is 1.15 bits per heavy atom. The molecular weight excluding hydrogens is 176 g/mol. The Morgan fingerprint density at radius 2 is 1.69 bits per heavy atom. The van der Waals surface area contributed by atoms with E-state index in [0.717, 1.165) is 0 Å². The van der Waals surface area contributed by atoms with E-state index in [4.69, 9.17) is 0 Å². The van der Waals surface area contributed by atoms with Crippen molar-refractivity contribution < 1.29 is 0 Å². The average Bonchev–Trinajstić information content (AvgIpc) is 1.79. The first-order valence-electron chi connectivity index (χ1n) is 5.14. The molecule has 0 heterocycles. The van der Waals surface area contributed by atoms with Crippen molar-refractivity contribution in [2.75, 3.05) is 18.8 Å². The van der Waals surface area contributed by atoms with Crippen LogP contribution in [0.3, 0.4) is 0 Å². The molecule has 0 saturated heterocycles. The van der Waals surface area contributed by atoms with Gasteiger partial charge in [0.05, 0.1) is 0 Å². The molecule has 1 aliphatic rings. The van der Waals surface area contributed by atoms with E-state index in [2.05, 4.69) is 39.5 Å². The summed E-state index contributed by atoms with van der Waals surface area (Å²) in [4.78, 5) is 1.78. The van der Waals surface area contributed by atoms with E-state index in [1.54, 1.807) is 10.5 Å². The van der Waals surface area contributed by atoms with Crippen LogP contribution in [0.2, 0.25) is 0 Å². The van der Waals surface area contributed by atoms with Gasteiger partial charge in [-0.3, -0.25) is 0 Å². The van der Waals surface area contributed by atoms with Crippen LogP contribution in [0.5, 0.6) is 0 Å². The molecule has 0 bridgehead atoms. The summed E-state index contributed by atoms with van der Waals surface area (Å²) >= 11 is 0. The highest BCUT2D eigenvalue weighted by Crippen LogP contribution is 2.58. The van der Waals surface area contributed by atoms with Crippen LogP contribution in [0.4, 0.5) is 0 Å². The van der Waals surface area contributed by atoms with Gasteiger partial charge in [-0.1, -0.05) is 19.4 Å². The second-order valence-electron chi connectivity index (χ2n) is 5.68. The summed E-state index contributed by atoms with van der Waals surface area (Å²) in [5.74, 6) is 0. The zero-order chi connectivity index (χ0) is 10.3. The van der Waals surface area contributed by atoms with Gasteiger partial charge >= 0.3 is 0 Å². The molecule has 0 aliphatic heterocycles. The fraction of sp³-hybridized carbons (Fsp3) is 0.833. The van der Waals surface area contributed by atoms with E-state index < -0.39 is 10.0 Å². The van der Waals surface area contributed by atoms with Gasteiger partial charge in [-0.2, -0.15) is 0 Å². The summed E-state index contributed by atoms with van der Waals surface area (Å²) in [5, 5.41) is 0. The lowest BCUT2D eigenvalue weighted by atomic mass is 9.80. The zero-order valence-corrected chi connectivity index (χ0v) is 10.8. The first kappa shape index (κ1) is 11.2. The van der Waals surface area contributed by atoms with E-state index in [0.29, 0.717) is 5.41 Å². The minimum Gasteiger partial charge on any atom is -0.227 e. The van der Waals surface area contributed by atoms with Crippen LogP contribution in [0.25, 0.3) is 0 Å². The summed E-state index contributed by atoms with van der Waals surface area (Å²) < 4.78 is 0. The molecule has 0 saturated carbocycles. The van der Waals surface area contributed by atoms with Crippen molar-refractivity contribution >= 4 is 10.0 Å². The largest absolute Gasteiger partial charge is 0.227 e. The van der Waals surface area contributed by atoms with Crippen LogP contribution >= 0.6 is 10.0 Å². The maximum Gasteiger partial charge on any atom is -0.00592 e. The second kappa shape index (κ2) is 3.34. The third-order valence-electron chi connectivity index (χ3n) is 2.97. The van der Waals surface area contributed by atoms with Crippen molar-refractivity contribution in [3.8, 4) is 0 Å². The highest BCUT2D eigenvalue weighted by Gasteiger charge is 2.33. The van der Waals surface area contributed by atoms with Crippen molar-refractivity contribution in [2.45, 2.75) is 40.0 Å². The lowest BCUT2D eigenvalue weighted by Crippen LogP contribution is -2.23. The van der Waals surface area contributed by atoms with Crippen molar-refractivity contribution in [2.24, 2.45) is 5.41 Å². The highest BCUT2D eigenvalue weighted by molar-refractivity contribution is 8.35. The van der Waals surface area contributed by atoms with Crippen molar-refractivity contribution in [1.29, 1.82) is 0 Å². The smallest absolute Gasteiger partial charge is 0.00592 e. The normalized spacial score (nSPS) is 24.8. The van der Waals surface area contributed by atoms with Crippen LogP contribution in [-0.2, 0) is 0 Å². The molecule has 0 amide bonds. The topological polar surface area (TPSA) is 0 Å². The van der Waals surface area contributed by atoms with Gasteiger partial charge in [0.2, 0.25) is 0 Å². The summed E-state index contributed by atoms with van der Waals surface area (Å²) in [7, 11) is -0.503. The second-order valence-corrected chi connectivity index (χ2v) is 9.77. The third-order valence-corrected chi connectivity index (χ3v) is 5.09. The zero-order valence-electron chi connectivity index (χ0n) is 10.0. The Bertz CT molecular complexity index is 228. The molecule has 13 heavy (non-hydrogen) atoms. The molecule has 78 valence electrons. The fourth-order valence-corrected chi connectivity index (χ4v) is 5.86. The molecular formula is C12H24S. The van der Waals surface area contributed by atoms with Crippen LogP contribution in [0.1, 0.15) is 40.0 Å². The Hall–Kier alpha value is 0.0900. The minimum atomic E-state index is -0.503. The van der Waals surface area contributed by atoms with Crippen molar-refractivity contribution in [1.82, 2.24) is 0 Å². The molecule has 0 unspecified atom stereocenters. The first-order chi connectivity index (χ1) is 5.75. The minimum absolute atomic E-state index is 0.468. The van der Waals surface area contributed by atoms with E-state index in [1.165, 1.54) is 19.3 Å². The number of hydrogen-bond acceptors (Lipinski definition) is 0. The molecule has 0 radical (unpaired) electrons. The van der Waals surface area contributed by atoms with E-state index in [-0.39, 0.29) is 0 Å². The first-order valence-corrected chi connectivity index (χ1v) is 7.99. The molecule has 0 N–H and O–H groups in total. The molecule has 1 rings (SSSR count). The fourth-order valence-electron chi connectivity index (χ4n) is 2.95. The van der Waals surface area contributed by atoms with E-state index in [1.807, 2.05) is 0 Å². The monoisotopic (exact) mass is 200 g/mol. The Balaban J connectivity index is 3.13. The average molecular weight is 200 g/mol. The molecule has 0 nitrogen and oxygen atoms in total. The number of hydrogen-bond donors (Lipinski definition) is 0. The van der Waals surface area contributed by atoms with Crippen LogP contribution in [0, 0.1) is 5.41 Å². The summed E-state index contributed by atoms with van der Waals surface area (Å²) in [6.45, 7) is 7.18. The van der Waals surface area contributed by atoms with Gasteiger partial charge in [0.25, 0.3) is 0 Å². The molecule has 1 heteroatoms. The molecule has 0 aromatic carbocycles. The molecule has 1 aliphatic carbocycles. The van der Waals surface area contributed by atoms with Gasteiger partial charge in [0.1, 0.15) is 0 Å². The third kappa shape index (κ3) is 2.31. The predicted molar refractivity (Wildman–Crippen MR) is 65.7 cm³/mol. The van der Waals surface area contributed by atoms with Crippen LogP contribution in [0.15, 0.2) is 10.5 Å².